The van der Waals surface area contributed by atoms with Crippen molar-refractivity contribution in [3.8, 4) is 0 Å². The summed E-state index contributed by atoms with van der Waals surface area (Å²) in [6.45, 7) is 2.34. The van der Waals surface area contributed by atoms with Crippen molar-refractivity contribution >= 4 is 11.3 Å². The fourth-order valence-electron chi connectivity index (χ4n) is 2.88. The zero-order valence-electron chi connectivity index (χ0n) is 9.70. The number of nitrogens with one attached hydrogen (secondary N) is 1. The minimum Gasteiger partial charge on any atom is -0.317 e. The second kappa shape index (κ2) is 5.13. The molecular formula is C13H21NS. The van der Waals surface area contributed by atoms with Crippen molar-refractivity contribution in [2.24, 2.45) is 5.92 Å². The molecule has 1 nitrogen and oxygen atoms in total. The summed E-state index contributed by atoms with van der Waals surface area (Å²) in [6, 6.07) is 3.05. The minimum absolute atomic E-state index is 0.734. The zero-order valence-corrected chi connectivity index (χ0v) is 10.5. The van der Waals surface area contributed by atoms with Gasteiger partial charge in [-0.2, -0.15) is 11.3 Å². The van der Waals surface area contributed by atoms with E-state index in [9.17, 15) is 0 Å². The first-order chi connectivity index (χ1) is 7.35. The van der Waals surface area contributed by atoms with Crippen molar-refractivity contribution in [2.45, 2.75) is 44.6 Å². The predicted octanol–water partition coefficient (Wildman–Crippen LogP) is 3.63. The van der Waals surface area contributed by atoms with Gasteiger partial charge in [0.05, 0.1) is 0 Å². The van der Waals surface area contributed by atoms with Gasteiger partial charge < -0.3 is 5.32 Å². The van der Waals surface area contributed by atoms with Crippen LogP contribution in [0.3, 0.4) is 0 Å². The van der Waals surface area contributed by atoms with Crippen molar-refractivity contribution in [3.05, 3.63) is 22.4 Å². The van der Waals surface area contributed by atoms with Crippen LogP contribution in [0.4, 0.5) is 0 Å². The zero-order chi connectivity index (χ0) is 10.7. The highest BCUT2D eigenvalue weighted by Crippen LogP contribution is 2.40. The van der Waals surface area contributed by atoms with E-state index in [0.29, 0.717) is 0 Å². The van der Waals surface area contributed by atoms with Crippen LogP contribution in [-0.2, 0) is 0 Å². The first kappa shape index (κ1) is 11.2. The SMILES string of the molecule is CCC1CCC(NC)CC1c1ccsc1. The van der Waals surface area contributed by atoms with Crippen LogP contribution in [0.15, 0.2) is 16.8 Å². The quantitative estimate of drug-likeness (QED) is 0.825. The third-order valence-corrected chi connectivity index (χ3v) is 4.60. The fraction of sp³-hybridized carbons (Fsp3) is 0.692. The molecule has 0 amide bonds. The van der Waals surface area contributed by atoms with E-state index >= 15 is 0 Å². The van der Waals surface area contributed by atoms with Crippen molar-refractivity contribution < 1.29 is 0 Å². The molecule has 1 saturated carbocycles. The van der Waals surface area contributed by atoms with Gasteiger partial charge in [0.25, 0.3) is 0 Å². The van der Waals surface area contributed by atoms with Gasteiger partial charge in [-0.1, -0.05) is 13.3 Å². The molecule has 0 bridgehead atoms. The standard InChI is InChI=1S/C13H21NS/c1-3-10-4-5-12(14-2)8-13(10)11-6-7-15-9-11/h6-7,9-10,12-14H,3-5,8H2,1-2H3. The van der Waals surface area contributed by atoms with Gasteiger partial charge in [-0.15, -0.1) is 0 Å². The second-order valence-electron chi connectivity index (χ2n) is 4.63. The monoisotopic (exact) mass is 223 g/mol. The lowest BCUT2D eigenvalue weighted by Crippen LogP contribution is -2.34. The van der Waals surface area contributed by atoms with Crippen molar-refractivity contribution in [3.63, 3.8) is 0 Å². The van der Waals surface area contributed by atoms with Crippen LogP contribution in [-0.4, -0.2) is 13.1 Å². The Labute approximate surface area is 96.9 Å². The van der Waals surface area contributed by atoms with Crippen molar-refractivity contribution in [2.75, 3.05) is 7.05 Å². The Morgan fingerprint density at radius 2 is 2.33 bits per heavy atom. The van der Waals surface area contributed by atoms with Crippen LogP contribution in [0.2, 0.25) is 0 Å². The molecule has 1 N–H and O–H groups in total. The summed E-state index contributed by atoms with van der Waals surface area (Å²) >= 11 is 1.83. The van der Waals surface area contributed by atoms with Crippen LogP contribution < -0.4 is 5.32 Å². The number of hydrogen-bond donors (Lipinski definition) is 1. The molecule has 3 unspecified atom stereocenters. The summed E-state index contributed by atoms with van der Waals surface area (Å²) < 4.78 is 0. The lowest BCUT2D eigenvalue weighted by atomic mass is 9.73. The number of hydrogen-bond acceptors (Lipinski definition) is 2. The van der Waals surface area contributed by atoms with Crippen LogP contribution in [0, 0.1) is 5.92 Å². The topological polar surface area (TPSA) is 12.0 Å². The van der Waals surface area contributed by atoms with E-state index in [1.807, 2.05) is 11.3 Å². The van der Waals surface area contributed by atoms with Gasteiger partial charge in [0, 0.05) is 6.04 Å². The van der Waals surface area contributed by atoms with Gasteiger partial charge in [0.2, 0.25) is 0 Å². The number of thiophene rings is 1. The normalized spacial score (nSPS) is 31.7. The smallest absolute Gasteiger partial charge is 0.00701 e. The average Bonchev–Trinajstić information content (AvgIpc) is 2.81. The van der Waals surface area contributed by atoms with E-state index in [0.717, 1.165) is 17.9 Å². The molecule has 0 aliphatic heterocycles. The lowest BCUT2D eigenvalue weighted by Gasteiger charge is -2.35. The Balaban J connectivity index is 2.10. The first-order valence-corrected chi connectivity index (χ1v) is 6.98. The van der Waals surface area contributed by atoms with E-state index < -0.39 is 0 Å². The molecule has 0 radical (unpaired) electrons. The average molecular weight is 223 g/mol. The molecule has 1 heterocycles. The molecule has 1 aromatic rings. The van der Waals surface area contributed by atoms with Gasteiger partial charge in [0.1, 0.15) is 0 Å². The third-order valence-electron chi connectivity index (χ3n) is 3.90. The highest BCUT2D eigenvalue weighted by Gasteiger charge is 2.29. The molecular weight excluding hydrogens is 202 g/mol. The molecule has 1 aliphatic carbocycles. The first-order valence-electron chi connectivity index (χ1n) is 6.04. The maximum absolute atomic E-state index is 3.44. The van der Waals surface area contributed by atoms with Crippen LogP contribution in [0.5, 0.6) is 0 Å². The largest absolute Gasteiger partial charge is 0.317 e. The maximum Gasteiger partial charge on any atom is 0.00701 e. The van der Waals surface area contributed by atoms with Crippen LogP contribution in [0.1, 0.15) is 44.1 Å². The van der Waals surface area contributed by atoms with Gasteiger partial charge >= 0.3 is 0 Å². The van der Waals surface area contributed by atoms with E-state index in [-0.39, 0.29) is 0 Å². The van der Waals surface area contributed by atoms with Gasteiger partial charge in [-0.3, -0.25) is 0 Å². The van der Waals surface area contributed by atoms with Crippen LogP contribution in [0.25, 0.3) is 0 Å². The van der Waals surface area contributed by atoms with E-state index in [4.69, 9.17) is 0 Å². The lowest BCUT2D eigenvalue weighted by molar-refractivity contribution is 0.255. The summed E-state index contributed by atoms with van der Waals surface area (Å²) in [6.07, 6.45) is 5.40. The highest BCUT2D eigenvalue weighted by atomic mass is 32.1. The maximum atomic E-state index is 3.44. The van der Waals surface area contributed by atoms with Crippen molar-refractivity contribution in [1.82, 2.24) is 5.32 Å². The Hall–Kier alpha value is -0.340. The molecule has 0 saturated heterocycles. The molecule has 3 atom stereocenters. The molecule has 15 heavy (non-hydrogen) atoms. The number of rotatable bonds is 3. The van der Waals surface area contributed by atoms with E-state index in [1.165, 1.54) is 25.7 Å². The summed E-state index contributed by atoms with van der Waals surface area (Å²) in [5.41, 5.74) is 1.58. The highest BCUT2D eigenvalue weighted by molar-refractivity contribution is 7.07. The van der Waals surface area contributed by atoms with Crippen LogP contribution >= 0.6 is 11.3 Å². The summed E-state index contributed by atoms with van der Waals surface area (Å²) in [5.74, 6) is 1.71. The van der Waals surface area contributed by atoms with E-state index in [2.05, 4.69) is 36.1 Å². The molecule has 1 fully saturated rings. The minimum atomic E-state index is 0.734. The summed E-state index contributed by atoms with van der Waals surface area (Å²) in [4.78, 5) is 0. The fourth-order valence-corrected chi connectivity index (χ4v) is 3.60. The molecule has 1 aromatic heterocycles. The van der Waals surface area contributed by atoms with Gasteiger partial charge in [-0.25, -0.2) is 0 Å². The molecule has 0 aromatic carbocycles. The second-order valence-corrected chi connectivity index (χ2v) is 5.41. The third kappa shape index (κ3) is 2.43. The Bertz CT molecular complexity index is 281. The Morgan fingerprint density at radius 3 is 2.93 bits per heavy atom. The predicted molar refractivity (Wildman–Crippen MR) is 67.5 cm³/mol. The molecule has 2 heteroatoms. The van der Waals surface area contributed by atoms with Gasteiger partial charge in [0.15, 0.2) is 0 Å². The summed E-state index contributed by atoms with van der Waals surface area (Å²) in [5, 5.41) is 8.00. The van der Waals surface area contributed by atoms with E-state index in [1.54, 1.807) is 5.56 Å². The molecule has 84 valence electrons. The van der Waals surface area contributed by atoms with Crippen molar-refractivity contribution in [1.29, 1.82) is 0 Å². The summed E-state index contributed by atoms with van der Waals surface area (Å²) in [7, 11) is 2.10. The molecule has 1 aliphatic rings. The Morgan fingerprint density at radius 1 is 1.47 bits per heavy atom. The Kier molecular flexibility index (Phi) is 3.81. The van der Waals surface area contributed by atoms with Gasteiger partial charge in [-0.05, 0) is 60.5 Å². The molecule has 0 spiro atoms. The molecule has 2 rings (SSSR count).